The van der Waals surface area contributed by atoms with Crippen LogP contribution in [0.4, 0.5) is 5.69 Å². The first kappa shape index (κ1) is 13.5. The molecule has 1 atom stereocenters. The number of amides is 2. The quantitative estimate of drug-likeness (QED) is 0.874. The molecule has 1 N–H and O–H groups in total. The van der Waals surface area contributed by atoms with Crippen molar-refractivity contribution in [1.29, 1.82) is 0 Å². The van der Waals surface area contributed by atoms with E-state index in [4.69, 9.17) is 0 Å². The minimum absolute atomic E-state index is 0.104. The molecule has 2 aromatic rings. The molecule has 0 spiro atoms. The van der Waals surface area contributed by atoms with E-state index in [-0.39, 0.29) is 18.2 Å². The normalized spacial score (nSPS) is 18.5. The van der Waals surface area contributed by atoms with Gasteiger partial charge in [-0.05, 0) is 18.6 Å². The second kappa shape index (κ2) is 5.52. The van der Waals surface area contributed by atoms with Crippen LogP contribution in [0.15, 0.2) is 36.5 Å². The third-order valence-corrected chi connectivity index (χ3v) is 3.62. The predicted octanol–water partition coefficient (Wildman–Crippen LogP) is 2.18. The third-order valence-electron chi connectivity index (χ3n) is 3.62. The van der Waals surface area contributed by atoms with Crippen LogP contribution in [0.2, 0.25) is 0 Å². The third kappa shape index (κ3) is 2.59. The second-order valence-electron chi connectivity index (χ2n) is 5.20. The molecule has 1 aliphatic rings. The zero-order valence-electron chi connectivity index (χ0n) is 11.9. The van der Waals surface area contributed by atoms with E-state index in [1.807, 2.05) is 37.3 Å². The summed E-state index contributed by atoms with van der Waals surface area (Å²) in [6.45, 7) is 2.44. The lowest BCUT2D eigenvalue weighted by Crippen LogP contribution is -2.35. The Balaban J connectivity index is 1.79. The Bertz CT molecular complexity index is 699. The van der Waals surface area contributed by atoms with Crippen LogP contribution in [0, 0.1) is 0 Å². The Labute approximate surface area is 123 Å². The maximum Gasteiger partial charge on any atom is 0.252 e. The summed E-state index contributed by atoms with van der Waals surface area (Å²) in [7, 11) is 0. The van der Waals surface area contributed by atoms with Gasteiger partial charge in [0.25, 0.3) is 5.91 Å². The summed E-state index contributed by atoms with van der Waals surface area (Å²) >= 11 is 0. The molecule has 5 heteroatoms. The fraction of sp³-hybridized carbons (Fsp3) is 0.312. The Morgan fingerprint density at radius 1 is 1.33 bits per heavy atom. The van der Waals surface area contributed by atoms with E-state index in [0.29, 0.717) is 6.54 Å². The van der Waals surface area contributed by atoms with Gasteiger partial charge in [-0.2, -0.15) is 0 Å². The van der Waals surface area contributed by atoms with Gasteiger partial charge in [0.15, 0.2) is 0 Å². The molecule has 21 heavy (non-hydrogen) atoms. The topological polar surface area (TPSA) is 62.3 Å². The standard InChI is InChI=1S/C16H17N3O2/c1-2-7-19-15(20)9-14(16(19)21)18-12-8-11-5-3-4-6-13(11)17-10-12/h3-6,8,10,14,18H,2,7,9H2,1H3. The number of nitrogens with one attached hydrogen (secondary N) is 1. The predicted molar refractivity (Wildman–Crippen MR) is 80.8 cm³/mol. The van der Waals surface area contributed by atoms with Crippen molar-refractivity contribution in [3.63, 3.8) is 0 Å². The molecule has 2 amide bonds. The van der Waals surface area contributed by atoms with Crippen LogP contribution in [-0.2, 0) is 9.59 Å². The van der Waals surface area contributed by atoms with Crippen molar-refractivity contribution < 1.29 is 9.59 Å². The van der Waals surface area contributed by atoms with E-state index in [1.165, 1.54) is 4.90 Å². The number of benzene rings is 1. The van der Waals surface area contributed by atoms with E-state index in [9.17, 15) is 9.59 Å². The van der Waals surface area contributed by atoms with Gasteiger partial charge in [0.1, 0.15) is 6.04 Å². The first-order valence-corrected chi connectivity index (χ1v) is 7.14. The van der Waals surface area contributed by atoms with Crippen LogP contribution in [0.1, 0.15) is 19.8 Å². The number of hydrogen-bond acceptors (Lipinski definition) is 4. The summed E-state index contributed by atoms with van der Waals surface area (Å²) in [5.41, 5.74) is 1.67. The van der Waals surface area contributed by atoms with Crippen LogP contribution in [0.5, 0.6) is 0 Å². The van der Waals surface area contributed by atoms with Gasteiger partial charge in [-0.15, -0.1) is 0 Å². The molecule has 1 unspecified atom stereocenters. The van der Waals surface area contributed by atoms with Gasteiger partial charge in [-0.25, -0.2) is 0 Å². The molecule has 1 saturated heterocycles. The molecule has 1 aliphatic heterocycles. The van der Waals surface area contributed by atoms with E-state index in [0.717, 1.165) is 23.0 Å². The summed E-state index contributed by atoms with van der Waals surface area (Å²) in [5.74, 6) is -0.247. The van der Waals surface area contributed by atoms with E-state index in [1.54, 1.807) is 6.20 Å². The lowest BCUT2D eigenvalue weighted by Gasteiger charge is -2.15. The Hall–Kier alpha value is -2.43. The lowest BCUT2D eigenvalue weighted by atomic mass is 10.2. The number of hydrogen-bond donors (Lipinski definition) is 1. The minimum atomic E-state index is -0.480. The summed E-state index contributed by atoms with van der Waals surface area (Å²) in [4.78, 5) is 29.7. The highest BCUT2D eigenvalue weighted by atomic mass is 16.2. The van der Waals surface area contributed by atoms with Crippen molar-refractivity contribution in [2.45, 2.75) is 25.8 Å². The number of carbonyl (C=O) groups excluding carboxylic acids is 2. The van der Waals surface area contributed by atoms with Crippen molar-refractivity contribution in [3.05, 3.63) is 36.5 Å². The van der Waals surface area contributed by atoms with E-state index >= 15 is 0 Å². The van der Waals surface area contributed by atoms with E-state index < -0.39 is 6.04 Å². The molecule has 1 aromatic carbocycles. The van der Waals surface area contributed by atoms with Gasteiger partial charge < -0.3 is 5.32 Å². The van der Waals surface area contributed by atoms with Crippen LogP contribution < -0.4 is 5.32 Å². The molecule has 1 aromatic heterocycles. The Kier molecular flexibility index (Phi) is 3.56. The van der Waals surface area contributed by atoms with Gasteiger partial charge in [-0.1, -0.05) is 25.1 Å². The minimum Gasteiger partial charge on any atom is -0.372 e. The maximum atomic E-state index is 12.2. The van der Waals surface area contributed by atoms with Crippen molar-refractivity contribution in [1.82, 2.24) is 9.88 Å². The fourth-order valence-corrected chi connectivity index (χ4v) is 2.61. The number of fused-ring (bicyclic) bond motifs is 1. The van der Waals surface area contributed by atoms with Crippen LogP contribution in [0.25, 0.3) is 10.9 Å². The number of rotatable bonds is 4. The molecule has 1 fully saturated rings. The molecule has 0 radical (unpaired) electrons. The van der Waals surface area contributed by atoms with Crippen LogP contribution >= 0.6 is 0 Å². The van der Waals surface area contributed by atoms with E-state index in [2.05, 4.69) is 10.3 Å². The SMILES string of the molecule is CCCN1C(=O)CC(Nc2cnc3ccccc3c2)C1=O. The highest BCUT2D eigenvalue weighted by Gasteiger charge is 2.37. The number of aromatic nitrogens is 1. The molecule has 108 valence electrons. The Morgan fingerprint density at radius 3 is 2.95 bits per heavy atom. The fourth-order valence-electron chi connectivity index (χ4n) is 2.61. The highest BCUT2D eigenvalue weighted by Crippen LogP contribution is 2.21. The molecule has 0 saturated carbocycles. The van der Waals surface area contributed by atoms with Crippen molar-refractivity contribution >= 4 is 28.4 Å². The monoisotopic (exact) mass is 283 g/mol. The van der Waals surface area contributed by atoms with Crippen LogP contribution in [0.3, 0.4) is 0 Å². The zero-order chi connectivity index (χ0) is 14.8. The summed E-state index contributed by atoms with van der Waals surface area (Å²) in [6, 6.07) is 9.26. The number of carbonyl (C=O) groups is 2. The van der Waals surface area contributed by atoms with Gasteiger partial charge >= 0.3 is 0 Å². The summed E-state index contributed by atoms with van der Waals surface area (Å²) < 4.78 is 0. The number of nitrogens with zero attached hydrogens (tertiary/aromatic N) is 2. The smallest absolute Gasteiger partial charge is 0.252 e. The summed E-state index contributed by atoms with van der Waals surface area (Å²) in [5, 5.41) is 4.13. The number of imide groups is 1. The number of pyridine rings is 1. The molecular weight excluding hydrogens is 266 g/mol. The average molecular weight is 283 g/mol. The first-order chi connectivity index (χ1) is 10.2. The van der Waals surface area contributed by atoms with Gasteiger partial charge in [0.2, 0.25) is 5.91 Å². The largest absolute Gasteiger partial charge is 0.372 e. The highest BCUT2D eigenvalue weighted by molar-refractivity contribution is 6.06. The molecule has 0 aliphatic carbocycles. The van der Waals surface area contributed by atoms with Gasteiger partial charge in [-0.3, -0.25) is 19.5 Å². The van der Waals surface area contributed by atoms with Crippen molar-refractivity contribution in [2.75, 3.05) is 11.9 Å². The van der Waals surface area contributed by atoms with Gasteiger partial charge in [0, 0.05) is 11.9 Å². The molecule has 2 heterocycles. The number of para-hydroxylation sites is 1. The second-order valence-corrected chi connectivity index (χ2v) is 5.20. The first-order valence-electron chi connectivity index (χ1n) is 7.14. The number of anilines is 1. The molecule has 0 bridgehead atoms. The number of likely N-dealkylation sites (tertiary alicyclic amines) is 1. The average Bonchev–Trinajstić information content (AvgIpc) is 2.75. The lowest BCUT2D eigenvalue weighted by molar-refractivity contribution is -0.138. The summed E-state index contributed by atoms with van der Waals surface area (Å²) in [6.07, 6.45) is 2.69. The molecule has 5 nitrogen and oxygen atoms in total. The molecular formula is C16H17N3O2. The Morgan fingerprint density at radius 2 is 2.14 bits per heavy atom. The van der Waals surface area contributed by atoms with Crippen molar-refractivity contribution in [2.24, 2.45) is 0 Å². The molecule has 3 rings (SSSR count). The maximum absolute atomic E-state index is 12.2. The van der Waals surface area contributed by atoms with Gasteiger partial charge in [0.05, 0.1) is 23.8 Å². The van der Waals surface area contributed by atoms with Crippen molar-refractivity contribution in [3.8, 4) is 0 Å². The van der Waals surface area contributed by atoms with Crippen LogP contribution in [-0.4, -0.2) is 34.3 Å². The zero-order valence-corrected chi connectivity index (χ0v) is 11.9.